The van der Waals surface area contributed by atoms with Crippen molar-refractivity contribution in [1.29, 1.82) is 0 Å². The van der Waals surface area contributed by atoms with Crippen molar-refractivity contribution in [2.75, 3.05) is 0 Å². The second-order valence-electron chi connectivity index (χ2n) is 1.91. The number of halogens is 3. The Morgan fingerprint density at radius 1 is 1.18 bits per heavy atom. The van der Waals surface area contributed by atoms with Gasteiger partial charge in [0.2, 0.25) is 0 Å². The molecule has 0 amide bonds. The largest absolute Gasteiger partial charge is 0.298 e. The Labute approximate surface area is 106 Å². The van der Waals surface area contributed by atoms with Crippen molar-refractivity contribution in [3.05, 3.63) is 28.4 Å². The molecule has 0 saturated heterocycles. The van der Waals surface area contributed by atoms with E-state index in [0.717, 1.165) is 22.6 Å². The average Bonchev–Trinajstić information content (AvgIpc) is 1.96. The smallest absolute Gasteiger partial charge is 0.151 e. The average molecular weight is 484 g/mol. The van der Waals surface area contributed by atoms with Crippen molar-refractivity contribution in [1.82, 2.24) is 0 Å². The molecule has 0 spiro atoms. The van der Waals surface area contributed by atoms with Crippen LogP contribution >= 0.6 is 67.8 Å². The van der Waals surface area contributed by atoms with Crippen molar-refractivity contribution >= 4 is 74.1 Å². The van der Waals surface area contributed by atoms with Crippen LogP contribution in [-0.4, -0.2) is 6.29 Å². The zero-order chi connectivity index (χ0) is 8.43. The van der Waals surface area contributed by atoms with Crippen LogP contribution in [0.15, 0.2) is 12.1 Å². The van der Waals surface area contributed by atoms with Gasteiger partial charge >= 0.3 is 0 Å². The highest BCUT2D eigenvalue weighted by atomic mass is 127. The Kier molecular flexibility index (Phi) is 4.02. The van der Waals surface area contributed by atoms with Crippen LogP contribution in [0.25, 0.3) is 0 Å². The van der Waals surface area contributed by atoms with E-state index in [1.54, 1.807) is 0 Å². The molecule has 11 heavy (non-hydrogen) atoms. The van der Waals surface area contributed by atoms with Gasteiger partial charge in [-0.2, -0.15) is 0 Å². The van der Waals surface area contributed by atoms with E-state index in [0.29, 0.717) is 0 Å². The van der Waals surface area contributed by atoms with E-state index >= 15 is 0 Å². The second kappa shape index (κ2) is 4.35. The van der Waals surface area contributed by atoms with Gasteiger partial charge in [-0.25, -0.2) is 0 Å². The maximum atomic E-state index is 10.5. The van der Waals surface area contributed by atoms with Crippen molar-refractivity contribution in [2.24, 2.45) is 0 Å². The maximum absolute atomic E-state index is 10.5. The molecule has 0 saturated carbocycles. The number of rotatable bonds is 1. The van der Waals surface area contributed by atoms with Crippen LogP contribution in [-0.2, 0) is 0 Å². The van der Waals surface area contributed by atoms with Crippen LogP contribution in [0.3, 0.4) is 0 Å². The van der Waals surface area contributed by atoms with Gasteiger partial charge < -0.3 is 0 Å². The van der Waals surface area contributed by atoms with E-state index in [-0.39, 0.29) is 0 Å². The van der Waals surface area contributed by atoms with E-state index in [2.05, 4.69) is 73.8 Å². The van der Waals surface area contributed by atoms with Crippen LogP contribution in [0, 0.1) is 10.7 Å². The van der Waals surface area contributed by atoms with Crippen molar-refractivity contribution < 1.29 is 4.79 Å². The summed E-state index contributed by atoms with van der Waals surface area (Å²) >= 11 is 6.61. The van der Waals surface area contributed by atoms with E-state index in [4.69, 9.17) is 0 Å². The van der Waals surface area contributed by atoms with Crippen molar-refractivity contribution in [3.63, 3.8) is 0 Å². The quantitative estimate of drug-likeness (QED) is 0.340. The van der Waals surface area contributed by atoms with Crippen LogP contribution in [0.5, 0.6) is 0 Å². The van der Waals surface area contributed by atoms with Crippen molar-refractivity contribution in [3.8, 4) is 0 Å². The Balaban J connectivity index is 3.35. The minimum absolute atomic E-state index is 0.780. The monoisotopic (exact) mass is 484 g/mol. The summed E-state index contributed by atoms with van der Waals surface area (Å²) in [5, 5.41) is 0. The van der Waals surface area contributed by atoms with Gasteiger partial charge in [0, 0.05) is 16.3 Å². The van der Waals surface area contributed by atoms with Gasteiger partial charge in [-0.1, -0.05) is 0 Å². The summed E-state index contributed by atoms with van der Waals surface area (Å²) in [4.78, 5) is 10.5. The van der Waals surface area contributed by atoms with Gasteiger partial charge in [-0.3, -0.25) is 4.79 Å². The normalized spacial score (nSPS) is 9.73. The molecule has 0 aromatic heterocycles. The van der Waals surface area contributed by atoms with Crippen LogP contribution in [0.1, 0.15) is 10.4 Å². The summed E-state index contributed by atoms with van der Waals surface area (Å²) < 4.78 is 3.28. The molecular weight excluding hydrogens is 481 g/mol. The molecule has 0 N–H and O–H groups in total. The number of aldehydes is 1. The molecule has 0 aliphatic carbocycles. The molecule has 1 nitrogen and oxygen atoms in total. The summed E-state index contributed by atoms with van der Waals surface area (Å²) in [6.45, 7) is 0. The van der Waals surface area contributed by atoms with E-state index in [9.17, 15) is 4.79 Å². The lowest BCUT2D eigenvalue weighted by Gasteiger charge is -1.99. The molecule has 4 heteroatoms. The molecule has 0 aliphatic rings. The summed E-state index contributed by atoms with van der Waals surface area (Å²) in [5.41, 5.74) is 0.780. The predicted molar refractivity (Wildman–Crippen MR) is 70.0 cm³/mol. The second-order valence-corrected chi connectivity index (χ2v) is 5.40. The lowest BCUT2D eigenvalue weighted by molar-refractivity contribution is 0.112. The minimum Gasteiger partial charge on any atom is -0.298 e. The number of hydrogen-bond donors (Lipinski definition) is 0. The van der Waals surface area contributed by atoms with Gasteiger partial charge in [0.05, 0.1) is 0 Å². The SMILES string of the molecule is O=Cc1cc(I)cc(I)c1I. The third-order valence-corrected chi connectivity index (χ3v) is 4.86. The Hall–Kier alpha value is 1.08. The van der Waals surface area contributed by atoms with E-state index in [1.807, 2.05) is 6.07 Å². The Morgan fingerprint density at radius 3 is 2.36 bits per heavy atom. The predicted octanol–water partition coefficient (Wildman–Crippen LogP) is 3.31. The summed E-state index contributed by atoms with van der Waals surface area (Å²) in [6.07, 6.45) is 0.895. The molecule has 1 rings (SSSR count). The molecular formula is C7H3I3O. The van der Waals surface area contributed by atoms with Crippen LogP contribution < -0.4 is 0 Å². The molecule has 0 bridgehead atoms. The maximum Gasteiger partial charge on any atom is 0.151 e. The van der Waals surface area contributed by atoms with Gasteiger partial charge in [0.15, 0.2) is 6.29 Å². The Bertz CT molecular complexity index is 296. The molecule has 58 valence electrons. The molecule has 0 heterocycles. The van der Waals surface area contributed by atoms with Crippen molar-refractivity contribution in [2.45, 2.75) is 0 Å². The fraction of sp³-hybridized carbons (Fsp3) is 0. The molecule has 1 aromatic carbocycles. The molecule has 1 aromatic rings. The van der Waals surface area contributed by atoms with E-state index < -0.39 is 0 Å². The summed E-state index contributed by atoms with van der Waals surface area (Å²) in [6, 6.07) is 3.94. The standard InChI is InChI=1S/C7H3I3O/c8-5-1-4(3-11)7(10)6(9)2-5/h1-3H. The summed E-state index contributed by atoms with van der Waals surface area (Å²) in [5.74, 6) is 0. The van der Waals surface area contributed by atoms with Gasteiger partial charge in [0.1, 0.15) is 0 Å². The van der Waals surface area contributed by atoms with Crippen LogP contribution in [0.4, 0.5) is 0 Å². The lowest BCUT2D eigenvalue weighted by atomic mass is 10.2. The fourth-order valence-corrected chi connectivity index (χ4v) is 2.99. The first-order valence-corrected chi connectivity index (χ1v) is 5.98. The zero-order valence-electron chi connectivity index (χ0n) is 5.27. The topological polar surface area (TPSA) is 17.1 Å². The number of benzene rings is 1. The van der Waals surface area contributed by atoms with Gasteiger partial charge in [-0.15, -0.1) is 0 Å². The molecule has 0 unspecified atom stereocenters. The molecule has 0 aliphatic heterocycles. The number of hydrogen-bond acceptors (Lipinski definition) is 1. The highest BCUT2D eigenvalue weighted by Gasteiger charge is 2.03. The number of carbonyl (C=O) groups excluding carboxylic acids is 1. The first-order chi connectivity index (χ1) is 5.15. The first kappa shape index (κ1) is 10.2. The molecule has 0 radical (unpaired) electrons. The van der Waals surface area contributed by atoms with Crippen LogP contribution in [0.2, 0.25) is 0 Å². The third kappa shape index (κ3) is 2.51. The lowest BCUT2D eigenvalue weighted by Crippen LogP contribution is -1.90. The highest BCUT2D eigenvalue weighted by Crippen LogP contribution is 2.21. The molecule has 0 fully saturated rings. The van der Waals surface area contributed by atoms with E-state index in [1.165, 1.54) is 0 Å². The fourth-order valence-electron chi connectivity index (χ4n) is 0.662. The highest BCUT2D eigenvalue weighted by molar-refractivity contribution is 14.1. The summed E-state index contributed by atoms with van der Waals surface area (Å²) in [7, 11) is 0. The third-order valence-electron chi connectivity index (χ3n) is 1.15. The van der Waals surface area contributed by atoms with Gasteiger partial charge in [0.25, 0.3) is 0 Å². The van der Waals surface area contributed by atoms with Gasteiger partial charge in [-0.05, 0) is 79.9 Å². The minimum atomic E-state index is 0.780. The number of carbonyl (C=O) groups is 1. The first-order valence-electron chi connectivity index (χ1n) is 2.75. The molecule has 0 atom stereocenters. The zero-order valence-corrected chi connectivity index (χ0v) is 11.7. The Morgan fingerprint density at radius 2 is 1.82 bits per heavy atom.